The molecule has 0 fully saturated rings. The summed E-state index contributed by atoms with van der Waals surface area (Å²) in [5.41, 5.74) is 2.64. The number of hydrogen-bond donors (Lipinski definition) is 2. The molecule has 0 bridgehead atoms. The van der Waals surface area contributed by atoms with E-state index in [0.29, 0.717) is 41.2 Å². The van der Waals surface area contributed by atoms with E-state index in [1.807, 2.05) is 6.07 Å². The van der Waals surface area contributed by atoms with Crippen molar-refractivity contribution in [2.24, 2.45) is 0 Å². The van der Waals surface area contributed by atoms with Crippen molar-refractivity contribution in [2.75, 3.05) is 11.9 Å². The van der Waals surface area contributed by atoms with Gasteiger partial charge in [-0.25, -0.2) is 9.18 Å². The predicted molar refractivity (Wildman–Crippen MR) is 101 cm³/mol. The van der Waals surface area contributed by atoms with Crippen LogP contribution < -0.4 is 16.4 Å². The lowest BCUT2D eigenvalue weighted by molar-refractivity contribution is -0.116. The average molecular weight is 390 g/mol. The molecule has 6 nitrogen and oxygen atoms in total. The summed E-state index contributed by atoms with van der Waals surface area (Å²) in [6.07, 6.45) is 0.596. The highest BCUT2D eigenvalue weighted by Crippen LogP contribution is 2.25. The number of nitrogens with zero attached hydrogens (tertiary/aromatic N) is 1. The number of amides is 1. The van der Waals surface area contributed by atoms with Gasteiger partial charge in [0.2, 0.25) is 5.91 Å². The number of oxazole rings is 1. The van der Waals surface area contributed by atoms with Crippen molar-refractivity contribution in [3.63, 3.8) is 0 Å². The van der Waals surface area contributed by atoms with Crippen molar-refractivity contribution in [1.29, 1.82) is 0 Å². The molecule has 1 aliphatic heterocycles. The summed E-state index contributed by atoms with van der Waals surface area (Å²) in [7, 11) is 0. The van der Waals surface area contributed by atoms with E-state index in [1.54, 1.807) is 24.3 Å². The molecule has 2 heterocycles. The number of aromatic nitrogens is 1. The smallest absolute Gasteiger partial charge is 0.408 e. The van der Waals surface area contributed by atoms with E-state index in [-0.39, 0.29) is 30.4 Å². The summed E-state index contributed by atoms with van der Waals surface area (Å²) in [5.74, 6) is -1.33. The molecule has 140 valence electrons. The molecule has 1 amide bonds. The normalized spacial score (nSPS) is 13.6. The third-order valence-electron chi connectivity index (χ3n) is 4.67. The highest BCUT2D eigenvalue weighted by Gasteiger charge is 2.18. The first-order valence-corrected chi connectivity index (χ1v) is 9.00. The van der Waals surface area contributed by atoms with Crippen LogP contribution in [0.2, 0.25) is 5.02 Å². The predicted octanol–water partition coefficient (Wildman–Crippen LogP) is 3.06. The number of benzene rings is 2. The molecule has 0 saturated carbocycles. The van der Waals surface area contributed by atoms with Gasteiger partial charge in [-0.15, -0.1) is 0 Å². The summed E-state index contributed by atoms with van der Waals surface area (Å²) < 4.78 is 21.1. The molecule has 27 heavy (non-hydrogen) atoms. The van der Waals surface area contributed by atoms with Crippen molar-refractivity contribution < 1.29 is 13.6 Å². The van der Waals surface area contributed by atoms with Crippen LogP contribution in [0.1, 0.15) is 17.5 Å². The van der Waals surface area contributed by atoms with Gasteiger partial charge >= 0.3 is 5.76 Å². The highest BCUT2D eigenvalue weighted by atomic mass is 35.5. The maximum atomic E-state index is 14.6. The fourth-order valence-corrected chi connectivity index (χ4v) is 3.47. The van der Waals surface area contributed by atoms with Gasteiger partial charge in [0.1, 0.15) is 5.82 Å². The van der Waals surface area contributed by atoms with E-state index in [9.17, 15) is 14.0 Å². The lowest BCUT2D eigenvalue weighted by Crippen LogP contribution is -2.25. The Kier molecular flexibility index (Phi) is 4.72. The maximum Gasteiger partial charge on any atom is 0.419 e. The van der Waals surface area contributed by atoms with Crippen molar-refractivity contribution in [2.45, 2.75) is 25.9 Å². The Bertz CT molecular complexity index is 1090. The van der Waals surface area contributed by atoms with Gasteiger partial charge in [0.05, 0.1) is 11.2 Å². The zero-order valence-electron chi connectivity index (χ0n) is 14.4. The monoisotopic (exact) mass is 389 g/mol. The number of aryl methyl sites for hydroxylation is 1. The number of carbonyl (C=O) groups is 1. The highest BCUT2D eigenvalue weighted by molar-refractivity contribution is 6.31. The minimum Gasteiger partial charge on any atom is -0.408 e. The van der Waals surface area contributed by atoms with Gasteiger partial charge in [-0.2, -0.15) is 0 Å². The number of carbonyl (C=O) groups excluding carboxylic acids is 1. The standard InChI is InChI=1S/C19H17ClFN3O3/c20-12-2-4-15-16(9-12)27-19(26)24(15)8-6-17(25)23-14-3-1-11-10-22-7-5-13(11)18(14)21/h1-4,9,22H,5-8,10H2,(H,23,25). The molecular formula is C19H17ClFN3O3. The summed E-state index contributed by atoms with van der Waals surface area (Å²) in [6, 6.07) is 8.25. The van der Waals surface area contributed by atoms with Gasteiger partial charge in [0.15, 0.2) is 5.58 Å². The van der Waals surface area contributed by atoms with Crippen LogP contribution in [0.4, 0.5) is 10.1 Å². The van der Waals surface area contributed by atoms with E-state index >= 15 is 0 Å². The van der Waals surface area contributed by atoms with Crippen molar-refractivity contribution in [3.05, 3.63) is 62.8 Å². The van der Waals surface area contributed by atoms with Gasteiger partial charge in [0, 0.05) is 30.6 Å². The fraction of sp³-hybridized carbons (Fsp3) is 0.263. The van der Waals surface area contributed by atoms with E-state index in [4.69, 9.17) is 16.0 Å². The first-order chi connectivity index (χ1) is 13.0. The molecule has 3 aromatic rings. The lowest BCUT2D eigenvalue weighted by atomic mass is 9.99. The third-order valence-corrected chi connectivity index (χ3v) is 4.91. The second kappa shape index (κ2) is 7.17. The van der Waals surface area contributed by atoms with Crippen LogP contribution in [0.5, 0.6) is 0 Å². The first-order valence-electron chi connectivity index (χ1n) is 8.62. The average Bonchev–Trinajstić information content (AvgIpc) is 2.96. The zero-order chi connectivity index (χ0) is 19.0. The topological polar surface area (TPSA) is 76.3 Å². The molecule has 0 unspecified atom stereocenters. The number of anilines is 1. The minimum atomic E-state index is -0.562. The molecule has 0 saturated heterocycles. The molecule has 1 aromatic heterocycles. The van der Waals surface area contributed by atoms with Crippen LogP contribution in [0.15, 0.2) is 39.5 Å². The molecular weight excluding hydrogens is 373 g/mol. The van der Waals surface area contributed by atoms with Crippen LogP contribution in [0.25, 0.3) is 11.1 Å². The largest absolute Gasteiger partial charge is 0.419 e. The van der Waals surface area contributed by atoms with E-state index < -0.39 is 5.76 Å². The quantitative estimate of drug-likeness (QED) is 0.719. The molecule has 0 aliphatic carbocycles. The van der Waals surface area contributed by atoms with Crippen LogP contribution in [0.3, 0.4) is 0 Å². The fourth-order valence-electron chi connectivity index (χ4n) is 3.31. The Morgan fingerprint density at radius 2 is 2.19 bits per heavy atom. The lowest BCUT2D eigenvalue weighted by Gasteiger charge is -2.19. The van der Waals surface area contributed by atoms with Gasteiger partial charge < -0.3 is 15.1 Å². The van der Waals surface area contributed by atoms with E-state index in [0.717, 1.165) is 5.56 Å². The Balaban J connectivity index is 1.48. The molecule has 0 atom stereocenters. The summed E-state index contributed by atoms with van der Waals surface area (Å²) in [6.45, 7) is 1.46. The van der Waals surface area contributed by atoms with Crippen LogP contribution >= 0.6 is 11.6 Å². The molecule has 1 aliphatic rings. The molecule has 8 heteroatoms. The SMILES string of the molecule is O=C(CCn1c(=O)oc2cc(Cl)ccc21)Nc1ccc2c(c1F)CCNC2. The molecule has 4 rings (SSSR count). The summed E-state index contributed by atoms with van der Waals surface area (Å²) in [4.78, 5) is 24.3. The first kappa shape index (κ1) is 17.8. The number of rotatable bonds is 4. The van der Waals surface area contributed by atoms with E-state index in [1.165, 1.54) is 4.57 Å². The Labute approximate surface area is 158 Å². The number of halogens is 2. The third kappa shape index (κ3) is 3.48. The number of nitrogens with one attached hydrogen (secondary N) is 2. The van der Waals surface area contributed by atoms with Crippen LogP contribution in [-0.2, 0) is 24.3 Å². The number of fused-ring (bicyclic) bond motifs is 2. The van der Waals surface area contributed by atoms with Gasteiger partial charge in [-0.1, -0.05) is 17.7 Å². The molecule has 2 aromatic carbocycles. The van der Waals surface area contributed by atoms with Crippen molar-refractivity contribution >= 4 is 34.3 Å². The zero-order valence-corrected chi connectivity index (χ0v) is 15.1. The minimum absolute atomic E-state index is 0.00917. The Morgan fingerprint density at radius 3 is 3.04 bits per heavy atom. The van der Waals surface area contributed by atoms with Crippen molar-refractivity contribution in [1.82, 2.24) is 9.88 Å². The van der Waals surface area contributed by atoms with E-state index in [2.05, 4.69) is 10.6 Å². The second-order valence-corrected chi connectivity index (χ2v) is 6.86. The summed E-state index contributed by atoms with van der Waals surface area (Å²) >= 11 is 5.89. The Morgan fingerprint density at radius 1 is 1.33 bits per heavy atom. The maximum absolute atomic E-state index is 14.6. The summed E-state index contributed by atoms with van der Waals surface area (Å²) in [5, 5.41) is 6.24. The van der Waals surface area contributed by atoms with Crippen molar-refractivity contribution in [3.8, 4) is 0 Å². The Hall–Kier alpha value is -2.64. The molecule has 0 radical (unpaired) electrons. The van der Waals surface area contributed by atoms with Gasteiger partial charge in [-0.3, -0.25) is 9.36 Å². The second-order valence-electron chi connectivity index (χ2n) is 6.42. The molecule has 2 N–H and O–H groups in total. The van der Waals surface area contributed by atoms with Gasteiger partial charge in [0.25, 0.3) is 0 Å². The van der Waals surface area contributed by atoms with Crippen LogP contribution in [-0.4, -0.2) is 17.0 Å². The van der Waals surface area contributed by atoms with Gasteiger partial charge in [-0.05, 0) is 42.3 Å². The number of hydrogen-bond acceptors (Lipinski definition) is 4. The van der Waals surface area contributed by atoms with Crippen LogP contribution in [0, 0.1) is 5.82 Å². The molecule has 0 spiro atoms.